The summed E-state index contributed by atoms with van der Waals surface area (Å²) in [5, 5.41) is 6.17. The highest BCUT2D eigenvalue weighted by atomic mass is 32.2. The van der Waals surface area contributed by atoms with Crippen molar-refractivity contribution >= 4 is 22.9 Å². The van der Waals surface area contributed by atoms with Gasteiger partial charge in [0.25, 0.3) is 0 Å². The molecule has 1 aromatic carbocycles. The van der Waals surface area contributed by atoms with Crippen molar-refractivity contribution in [3.05, 3.63) is 30.3 Å². The molecule has 1 saturated heterocycles. The minimum Gasteiger partial charge on any atom is -0.444 e. The van der Waals surface area contributed by atoms with E-state index >= 15 is 0 Å². The molecule has 1 aromatic rings. The summed E-state index contributed by atoms with van der Waals surface area (Å²) in [4.78, 5) is 19.1. The first-order valence-corrected chi connectivity index (χ1v) is 10.5. The van der Waals surface area contributed by atoms with E-state index in [1.165, 1.54) is 0 Å². The molecular formula is C19H30N4O3S. The van der Waals surface area contributed by atoms with Crippen LogP contribution in [0.3, 0.4) is 0 Å². The molecule has 8 heteroatoms. The highest BCUT2D eigenvalue weighted by Gasteiger charge is 2.27. The average molecular weight is 395 g/mol. The van der Waals surface area contributed by atoms with Crippen LogP contribution >= 0.6 is 0 Å². The van der Waals surface area contributed by atoms with Crippen molar-refractivity contribution in [2.75, 3.05) is 32.4 Å². The van der Waals surface area contributed by atoms with Crippen LogP contribution < -0.4 is 10.6 Å². The summed E-state index contributed by atoms with van der Waals surface area (Å²) in [6, 6.07) is 9.47. The van der Waals surface area contributed by atoms with Crippen molar-refractivity contribution in [1.82, 2.24) is 15.5 Å². The Morgan fingerprint density at radius 1 is 1.33 bits per heavy atom. The molecule has 2 atom stereocenters. The fourth-order valence-corrected chi connectivity index (χ4v) is 3.81. The quantitative estimate of drug-likeness (QED) is 0.589. The number of benzene rings is 1. The molecule has 2 N–H and O–H groups in total. The zero-order valence-corrected chi connectivity index (χ0v) is 17.3. The van der Waals surface area contributed by atoms with Gasteiger partial charge in [0.15, 0.2) is 5.96 Å². The van der Waals surface area contributed by atoms with E-state index in [-0.39, 0.29) is 6.04 Å². The minimum absolute atomic E-state index is 0.0249. The number of guanidine groups is 1. The number of aliphatic imine (C=N–C) groups is 1. The first kappa shape index (κ1) is 21.2. The Labute approximate surface area is 164 Å². The molecule has 0 spiro atoms. The zero-order valence-electron chi connectivity index (χ0n) is 16.5. The maximum absolute atomic E-state index is 12.3. The third-order valence-electron chi connectivity index (χ3n) is 4.00. The lowest BCUT2D eigenvalue weighted by Crippen LogP contribution is -2.44. The van der Waals surface area contributed by atoms with Crippen molar-refractivity contribution in [2.45, 2.75) is 43.7 Å². The van der Waals surface area contributed by atoms with Crippen LogP contribution in [0.15, 0.2) is 40.2 Å². The Balaban J connectivity index is 1.76. The fraction of sp³-hybridized carbons (Fsp3) is 0.579. The number of amides is 1. The van der Waals surface area contributed by atoms with E-state index in [0.29, 0.717) is 18.8 Å². The number of carbonyl (C=O) groups is 1. The summed E-state index contributed by atoms with van der Waals surface area (Å²) in [6.45, 7) is 7.56. The maximum atomic E-state index is 12.3. The minimum atomic E-state index is -1.04. The van der Waals surface area contributed by atoms with Crippen molar-refractivity contribution in [2.24, 2.45) is 4.99 Å². The summed E-state index contributed by atoms with van der Waals surface area (Å²) < 4.78 is 17.6. The van der Waals surface area contributed by atoms with Gasteiger partial charge in [-0.25, -0.2) is 4.79 Å². The number of hydrogen-bond acceptors (Lipinski definition) is 4. The van der Waals surface area contributed by atoms with E-state index in [4.69, 9.17) is 4.74 Å². The van der Waals surface area contributed by atoms with Crippen molar-refractivity contribution in [1.29, 1.82) is 0 Å². The van der Waals surface area contributed by atoms with E-state index in [9.17, 15) is 9.00 Å². The Morgan fingerprint density at radius 2 is 2.04 bits per heavy atom. The molecular weight excluding hydrogens is 364 g/mol. The second-order valence-corrected chi connectivity index (χ2v) is 8.99. The van der Waals surface area contributed by atoms with Crippen LogP contribution in [0, 0.1) is 0 Å². The van der Waals surface area contributed by atoms with Crippen LogP contribution in [0.2, 0.25) is 0 Å². The van der Waals surface area contributed by atoms with Gasteiger partial charge in [0, 0.05) is 37.3 Å². The van der Waals surface area contributed by atoms with Gasteiger partial charge in [-0.3, -0.25) is 9.20 Å². The van der Waals surface area contributed by atoms with E-state index in [2.05, 4.69) is 20.5 Å². The normalized spacial score (nSPS) is 18.9. The molecule has 2 rings (SSSR count). The topological polar surface area (TPSA) is 83.0 Å². The standard InChI is InChI=1S/C19H30N4O3S/c1-19(2,3)26-18(24)22-15-10-12-23(14-15)17(20-4)21-11-13-27(25)16-8-6-5-7-9-16/h5-9,15H,10-14H2,1-4H3,(H,20,21)(H,22,24). The number of ether oxygens (including phenoxy) is 1. The van der Waals surface area contributed by atoms with E-state index in [1.807, 2.05) is 51.1 Å². The van der Waals surface area contributed by atoms with Crippen LogP contribution in [-0.2, 0) is 15.5 Å². The Bertz CT molecular complexity index is 673. The van der Waals surface area contributed by atoms with Gasteiger partial charge in [0.1, 0.15) is 5.60 Å². The molecule has 2 unspecified atom stereocenters. The lowest BCUT2D eigenvalue weighted by molar-refractivity contribution is 0.0507. The molecule has 0 aromatic heterocycles. The largest absolute Gasteiger partial charge is 0.444 e. The SMILES string of the molecule is CN=C(NCCS(=O)c1ccccc1)N1CCC(NC(=O)OC(C)(C)C)C1. The van der Waals surface area contributed by atoms with Gasteiger partial charge in [0.2, 0.25) is 0 Å². The van der Waals surface area contributed by atoms with E-state index in [0.717, 1.165) is 23.8 Å². The van der Waals surface area contributed by atoms with Crippen molar-refractivity contribution in [3.63, 3.8) is 0 Å². The Morgan fingerprint density at radius 3 is 2.67 bits per heavy atom. The highest BCUT2D eigenvalue weighted by Crippen LogP contribution is 2.12. The monoisotopic (exact) mass is 394 g/mol. The lowest BCUT2D eigenvalue weighted by atomic mass is 10.2. The van der Waals surface area contributed by atoms with Gasteiger partial charge in [-0.15, -0.1) is 0 Å². The second-order valence-electron chi connectivity index (χ2n) is 7.41. The van der Waals surface area contributed by atoms with Gasteiger partial charge in [0.05, 0.1) is 16.8 Å². The number of carbonyl (C=O) groups excluding carboxylic acids is 1. The number of likely N-dealkylation sites (tertiary alicyclic amines) is 1. The molecule has 0 saturated carbocycles. The van der Waals surface area contributed by atoms with Crippen molar-refractivity contribution in [3.8, 4) is 0 Å². The van der Waals surface area contributed by atoms with Gasteiger partial charge in [-0.2, -0.15) is 0 Å². The number of hydrogen-bond donors (Lipinski definition) is 2. The number of nitrogens with zero attached hydrogens (tertiary/aromatic N) is 2. The smallest absolute Gasteiger partial charge is 0.407 e. The predicted octanol–water partition coefficient (Wildman–Crippen LogP) is 1.97. The molecule has 0 radical (unpaired) electrons. The Kier molecular flexibility index (Phi) is 7.65. The third-order valence-corrected chi connectivity index (χ3v) is 5.37. The molecule has 27 heavy (non-hydrogen) atoms. The van der Waals surface area contributed by atoms with Gasteiger partial charge < -0.3 is 20.3 Å². The summed E-state index contributed by atoms with van der Waals surface area (Å²) >= 11 is 0. The predicted molar refractivity (Wildman–Crippen MR) is 108 cm³/mol. The third kappa shape index (κ3) is 7.21. The summed E-state index contributed by atoms with van der Waals surface area (Å²) in [7, 11) is 0.690. The van der Waals surface area contributed by atoms with Crippen LogP contribution in [0.25, 0.3) is 0 Å². The number of alkyl carbamates (subject to hydrolysis) is 1. The van der Waals surface area contributed by atoms with Crippen molar-refractivity contribution < 1.29 is 13.7 Å². The van der Waals surface area contributed by atoms with Gasteiger partial charge in [-0.1, -0.05) is 18.2 Å². The lowest BCUT2D eigenvalue weighted by Gasteiger charge is -2.23. The molecule has 7 nitrogen and oxygen atoms in total. The van der Waals surface area contributed by atoms with Gasteiger partial charge in [-0.05, 0) is 39.3 Å². The zero-order chi connectivity index (χ0) is 19.9. The van der Waals surface area contributed by atoms with Crippen LogP contribution in [0.1, 0.15) is 27.2 Å². The molecule has 1 amide bonds. The Hall–Kier alpha value is -2.09. The number of nitrogens with one attached hydrogen (secondary N) is 2. The van der Waals surface area contributed by atoms with E-state index in [1.54, 1.807) is 7.05 Å². The van der Waals surface area contributed by atoms with E-state index < -0.39 is 22.5 Å². The summed E-state index contributed by atoms with van der Waals surface area (Å²) in [5.41, 5.74) is -0.506. The van der Waals surface area contributed by atoms with Crippen LogP contribution in [0.4, 0.5) is 4.79 Å². The van der Waals surface area contributed by atoms with Crippen LogP contribution in [-0.4, -0.2) is 65.2 Å². The fourth-order valence-electron chi connectivity index (χ4n) is 2.82. The maximum Gasteiger partial charge on any atom is 0.407 e. The molecule has 150 valence electrons. The second kappa shape index (κ2) is 9.73. The first-order chi connectivity index (χ1) is 12.8. The summed E-state index contributed by atoms with van der Waals surface area (Å²) in [6.07, 6.45) is 0.436. The molecule has 1 aliphatic heterocycles. The summed E-state index contributed by atoms with van der Waals surface area (Å²) in [5.74, 6) is 1.27. The molecule has 0 aliphatic carbocycles. The highest BCUT2D eigenvalue weighted by molar-refractivity contribution is 7.85. The molecule has 1 aliphatic rings. The average Bonchev–Trinajstić information content (AvgIpc) is 3.05. The molecule has 1 fully saturated rings. The molecule has 0 bridgehead atoms. The van der Waals surface area contributed by atoms with Crippen LogP contribution in [0.5, 0.6) is 0 Å². The first-order valence-electron chi connectivity index (χ1n) is 9.17. The van der Waals surface area contributed by atoms with Gasteiger partial charge >= 0.3 is 6.09 Å². The molecule has 1 heterocycles. The number of rotatable bonds is 5.